The van der Waals surface area contributed by atoms with Crippen LogP contribution in [0, 0.1) is 0 Å². The number of amides is 1. The number of carbonyl (C=O) groups is 2. The zero-order valence-corrected chi connectivity index (χ0v) is 14.9. The van der Waals surface area contributed by atoms with Crippen molar-refractivity contribution in [2.24, 2.45) is 0 Å². The van der Waals surface area contributed by atoms with Crippen molar-refractivity contribution >= 4 is 27.6 Å². The van der Waals surface area contributed by atoms with E-state index in [4.69, 9.17) is 0 Å². The van der Waals surface area contributed by atoms with Gasteiger partial charge in [0.25, 0.3) is 15.9 Å². The van der Waals surface area contributed by atoms with Crippen molar-refractivity contribution < 1.29 is 22.7 Å². The third kappa shape index (κ3) is 4.02. The monoisotopic (exact) mass is 374 g/mol. The third-order valence-corrected chi connectivity index (χ3v) is 5.31. The number of carbonyl (C=O) groups excluding carboxylic acids is 2. The van der Waals surface area contributed by atoms with Crippen molar-refractivity contribution in [1.29, 1.82) is 0 Å². The van der Waals surface area contributed by atoms with Crippen molar-refractivity contribution in [2.45, 2.75) is 23.8 Å². The van der Waals surface area contributed by atoms with E-state index in [2.05, 4.69) is 14.8 Å². The van der Waals surface area contributed by atoms with E-state index in [1.807, 2.05) is 0 Å². The molecule has 2 aromatic rings. The Morgan fingerprint density at radius 1 is 1.08 bits per heavy atom. The van der Waals surface area contributed by atoms with Gasteiger partial charge in [0.05, 0.1) is 12.7 Å². The molecule has 0 unspecified atom stereocenters. The Kier molecular flexibility index (Phi) is 4.94. The number of hydrogen-bond donors (Lipinski definition) is 2. The summed E-state index contributed by atoms with van der Waals surface area (Å²) in [7, 11) is -2.85. The maximum atomic E-state index is 12.7. The van der Waals surface area contributed by atoms with Gasteiger partial charge < -0.3 is 10.1 Å². The SMILES string of the molecule is COC(=O)c1ccccc1S(=O)(=O)Nc1cccc(C(=O)NC2CC2)c1. The molecule has 2 aromatic carbocycles. The molecule has 8 heteroatoms. The summed E-state index contributed by atoms with van der Waals surface area (Å²) in [6, 6.07) is 12.1. The lowest BCUT2D eigenvalue weighted by atomic mass is 10.2. The zero-order chi connectivity index (χ0) is 18.7. The van der Waals surface area contributed by atoms with E-state index in [0.29, 0.717) is 5.56 Å². The molecule has 0 atom stereocenters. The molecule has 136 valence electrons. The Morgan fingerprint density at radius 2 is 1.81 bits per heavy atom. The number of rotatable bonds is 6. The van der Waals surface area contributed by atoms with Crippen molar-refractivity contribution in [3.63, 3.8) is 0 Å². The largest absolute Gasteiger partial charge is 0.465 e. The molecular weight excluding hydrogens is 356 g/mol. The van der Waals surface area contributed by atoms with Crippen molar-refractivity contribution in [3.8, 4) is 0 Å². The van der Waals surface area contributed by atoms with Gasteiger partial charge >= 0.3 is 5.97 Å². The van der Waals surface area contributed by atoms with E-state index in [9.17, 15) is 18.0 Å². The molecule has 0 aliphatic heterocycles. The second kappa shape index (κ2) is 7.17. The van der Waals surface area contributed by atoms with Gasteiger partial charge in [-0.1, -0.05) is 18.2 Å². The van der Waals surface area contributed by atoms with Crippen LogP contribution in [-0.2, 0) is 14.8 Å². The van der Waals surface area contributed by atoms with E-state index in [-0.39, 0.29) is 28.1 Å². The second-order valence-electron chi connectivity index (χ2n) is 5.92. The quantitative estimate of drug-likeness (QED) is 0.755. The molecule has 0 heterocycles. The van der Waals surface area contributed by atoms with Crippen LogP contribution < -0.4 is 10.0 Å². The minimum Gasteiger partial charge on any atom is -0.465 e. The van der Waals surface area contributed by atoms with E-state index >= 15 is 0 Å². The van der Waals surface area contributed by atoms with Crippen LogP contribution in [0.25, 0.3) is 0 Å². The number of methoxy groups -OCH3 is 1. The summed E-state index contributed by atoms with van der Waals surface area (Å²) < 4.78 is 32.4. The van der Waals surface area contributed by atoms with Crippen LogP contribution in [0.1, 0.15) is 33.6 Å². The maximum absolute atomic E-state index is 12.7. The lowest BCUT2D eigenvalue weighted by molar-refractivity contribution is 0.0596. The standard InChI is InChI=1S/C18H18N2O5S/c1-25-18(22)15-7-2-3-8-16(15)26(23,24)20-14-6-4-5-12(11-14)17(21)19-13-9-10-13/h2-8,11,13,20H,9-10H2,1H3,(H,19,21). The van der Waals surface area contributed by atoms with Gasteiger partial charge in [0.2, 0.25) is 0 Å². The van der Waals surface area contributed by atoms with Gasteiger partial charge in [-0.15, -0.1) is 0 Å². The summed E-state index contributed by atoms with van der Waals surface area (Å²) in [6.45, 7) is 0. The number of benzene rings is 2. The van der Waals surface area contributed by atoms with Gasteiger partial charge in [-0.25, -0.2) is 13.2 Å². The van der Waals surface area contributed by atoms with Crippen LogP contribution >= 0.6 is 0 Å². The highest BCUT2D eigenvalue weighted by Crippen LogP contribution is 2.22. The molecular formula is C18H18N2O5S. The second-order valence-corrected chi connectivity index (χ2v) is 7.57. The summed E-state index contributed by atoms with van der Waals surface area (Å²) in [5.41, 5.74) is 0.525. The van der Waals surface area contributed by atoms with Gasteiger partial charge in [-0.3, -0.25) is 9.52 Å². The van der Waals surface area contributed by atoms with Gasteiger partial charge in [0.15, 0.2) is 0 Å². The fourth-order valence-corrected chi connectivity index (χ4v) is 3.66. The number of nitrogens with one attached hydrogen (secondary N) is 2. The molecule has 7 nitrogen and oxygen atoms in total. The summed E-state index contributed by atoms with van der Waals surface area (Å²) in [5.74, 6) is -0.993. The average Bonchev–Trinajstić information content (AvgIpc) is 3.45. The molecule has 1 fully saturated rings. The van der Waals surface area contributed by atoms with Crippen LogP contribution in [0.3, 0.4) is 0 Å². The number of ether oxygens (including phenoxy) is 1. The molecule has 0 saturated heterocycles. The normalized spacial score (nSPS) is 13.7. The Bertz CT molecular complexity index is 952. The summed E-state index contributed by atoms with van der Waals surface area (Å²) in [5, 5.41) is 2.85. The topological polar surface area (TPSA) is 102 Å². The molecule has 1 amide bonds. The van der Waals surface area contributed by atoms with E-state index in [1.165, 1.54) is 37.4 Å². The van der Waals surface area contributed by atoms with Crippen molar-refractivity contribution in [2.75, 3.05) is 11.8 Å². The Morgan fingerprint density at radius 3 is 2.50 bits per heavy atom. The highest BCUT2D eigenvalue weighted by atomic mass is 32.2. The summed E-state index contributed by atoms with van der Waals surface area (Å²) in [4.78, 5) is 23.7. The van der Waals surface area contributed by atoms with Gasteiger partial charge in [0.1, 0.15) is 4.90 Å². The molecule has 26 heavy (non-hydrogen) atoms. The Labute approximate surface area is 151 Å². The summed E-state index contributed by atoms with van der Waals surface area (Å²) in [6.07, 6.45) is 1.92. The van der Waals surface area contributed by atoms with Crippen molar-refractivity contribution in [3.05, 3.63) is 59.7 Å². The molecule has 0 bridgehead atoms. The first-order valence-corrected chi connectivity index (χ1v) is 9.50. The molecule has 0 aromatic heterocycles. The average molecular weight is 374 g/mol. The first kappa shape index (κ1) is 17.9. The van der Waals surface area contributed by atoms with Gasteiger partial charge in [0, 0.05) is 17.3 Å². The van der Waals surface area contributed by atoms with Crippen LogP contribution in [0.4, 0.5) is 5.69 Å². The predicted octanol–water partition coefficient (Wildman–Crippen LogP) is 2.17. The van der Waals surface area contributed by atoms with E-state index in [1.54, 1.807) is 18.2 Å². The zero-order valence-electron chi connectivity index (χ0n) is 14.1. The molecule has 0 spiro atoms. The first-order chi connectivity index (χ1) is 12.4. The molecule has 3 rings (SSSR count). The van der Waals surface area contributed by atoms with Crippen LogP contribution in [0.2, 0.25) is 0 Å². The summed E-state index contributed by atoms with van der Waals surface area (Å²) >= 11 is 0. The fraction of sp³-hybridized carbons (Fsp3) is 0.222. The third-order valence-electron chi connectivity index (χ3n) is 3.87. The first-order valence-electron chi connectivity index (χ1n) is 8.02. The maximum Gasteiger partial charge on any atom is 0.339 e. The minimum absolute atomic E-state index is 0.0647. The highest BCUT2D eigenvalue weighted by molar-refractivity contribution is 7.92. The number of sulfonamides is 1. The van der Waals surface area contributed by atoms with E-state index < -0.39 is 16.0 Å². The molecule has 1 saturated carbocycles. The molecule has 1 aliphatic carbocycles. The van der Waals surface area contributed by atoms with Crippen LogP contribution in [0.15, 0.2) is 53.4 Å². The van der Waals surface area contributed by atoms with Crippen molar-refractivity contribution in [1.82, 2.24) is 5.32 Å². The highest BCUT2D eigenvalue weighted by Gasteiger charge is 2.25. The Balaban J connectivity index is 1.86. The fourth-order valence-electron chi connectivity index (χ4n) is 2.41. The predicted molar refractivity (Wildman–Crippen MR) is 95.5 cm³/mol. The Hall–Kier alpha value is -2.87. The van der Waals surface area contributed by atoms with E-state index in [0.717, 1.165) is 12.8 Å². The minimum atomic E-state index is -4.03. The van der Waals surface area contributed by atoms with Gasteiger partial charge in [-0.05, 0) is 43.2 Å². The van der Waals surface area contributed by atoms with Crippen LogP contribution in [-0.4, -0.2) is 33.4 Å². The molecule has 0 radical (unpaired) electrons. The molecule has 2 N–H and O–H groups in total. The lowest BCUT2D eigenvalue weighted by Gasteiger charge is -2.12. The van der Waals surface area contributed by atoms with Crippen LogP contribution in [0.5, 0.6) is 0 Å². The number of anilines is 1. The molecule has 1 aliphatic rings. The lowest BCUT2D eigenvalue weighted by Crippen LogP contribution is -2.25. The van der Waals surface area contributed by atoms with Gasteiger partial charge in [-0.2, -0.15) is 0 Å². The number of esters is 1. The smallest absolute Gasteiger partial charge is 0.339 e. The number of hydrogen-bond acceptors (Lipinski definition) is 5.